The summed E-state index contributed by atoms with van der Waals surface area (Å²) >= 11 is 0. The number of tetrazole rings is 1. The van der Waals surface area contributed by atoms with Gasteiger partial charge in [0.15, 0.2) is 5.82 Å². The number of likely N-dealkylation sites (tertiary alicyclic amines) is 1. The molecule has 34 heavy (non-hydrogen) atoms. The molecule has 1 aliphatic rings. The van der Waals surface area contributed by atoms with Gasteiger partial charge in [-0.1, -0.05) is 12.1 Å². The first-order valence-electron chi connectivity index (χ1n) is 11.3. The van der Waals surface area contributed by atoms with Crippen LogP contribution in [0.25, 0.3) is 11.4 Å². The summed E-state index contributed by atoms with van der Waals surface area (Å²) in [5.74, 6) is 0.797. The van der Waals surface area contributed by atoms with Gasteiger partial charge in [-0.2, -0.15) is 0 Å². The second-order valence-electron chi connectivity index (χ2n) is 8.11. The molecule has 1 aliphatic heterocycles. The summed E-state index contributed by atoms with van der Waals surface area (Å²) in [5, 5.41) is 17.1. The van der Waals surface area contributed by atoms with Gasteiger partial charge in [0.05, 0.1) is 24.8 Å². The maximum atomic E-state index is 12.5. The number of aromatic amines is 1. The molecule has 0 unspecified atom stereocenters. The summed E-state index contributed by atoms with van der Waals surface area (Å²) in [6.45, 7) is 3.37. The zero-order chi connectivity index (χ0) is 23.8. The number of nitrogens with one attached hydrogen (secondary N) is 2. The second kappa shape index (κ2) is 11.4. The molecule has 178 valence electrons. The number of benzene rings is 2. The van der Waals surface area contributed by atoms with Crippen LogP contribution < -0.4 is 10.1 Å². The van der Waals surface area contributed by atoms with Crippen LogP contribution in [0.1, 0.15) is 40.0 Å². The van der Waals surface area contributed by atoms with E-state index in [2.05, 4.69) is 35.6 Å². The van der Waals surface area contributed by atoms with E-state index in [1.807, 2.05) is 24.3 Å². The SMILES string of the molecule is COC(=O)c1ccc(C(=O)NC2CCN(CCCOc3ccccc3-c3nnn[nH]3)CC2)cc1. The van der Waals surface area contributed by atoms with Gasteiger partial charge in [0, 0.05) is 31.2 Å². The molecule has 1 aromatic heterocycles. The van der Waals surface area contributed by atoms with Crippen molar-refractivity contribution < 1.29 is 19.1 Å². The van der Waals surface area contributed by atoms with Crippen molar-refractivity contribution in [1.82, 2.24) is 30.8 Å². The summed E-state index contributed by atoms with van der Waals surface area (Å²) in [6, 6.07) is 14.3. The topological polar surface area (TPSA) is 122 Å². The van der Waals surface area contributed by atoms with Crippen LogP contribution in [0.15, 0.2) is 48.5 Å². The lowest BCUT2D eigenvalue weighted by Gasteiger charge is -2.32. The van der Waals surface area contributed by atoms with Gasteiger partial charge in [0.2, 0.25) is 0 Å². The van der Waals surface area contributed by atoms with Crippen LogP contribution in [-0.4, -0.2) is 76.8 Å². The summed E-state index contributed by atoms with van der Waals surface area (Å²) in [5.41, 5.74) is 1.80. The van der Waals surface area contributed by atoms with Gasteiger partial charge in [-0.15, -0.1) is 5.10 Å². The fourth-order valence-electron chi connectivity index (χ4n) is 3.98. The number of esters is 1. The highest BCUT2D eigenvalue weighted by molar-refractivity contribution is 5.96. The van der Waals surface area contributed by atoms with Crippen LogP contribution in [0.2, 0.25) is 0 Å². The van der Waals surface area contributed by atoms with Crippen molar-refractivity contribution in [1.29, 1.82) is 0 Å². The molecule has 10 heteroatoms. The highest BCUT2D eigenvalue weighted by Gasteiger charge is 2.21. The Bertz CT molecular complexity index is 1080. The first-order valence-corrected chi connectivity index (χ1v) is 11.3. The van der Waals surface area contributed by atoms with Crippen molar-refractivity contribution in [2.75, 3.05) is 33.4 Å². The number of nitrogens with zero attached hydrogens (tertiary/aromatic N) is 4. The third kappa shape index (κ3) is 5.96. The number of methoxy groups -OCH3 is 1. The van der Waals surface area contributed by atoms with Crippen molar-refractivity contribution in [3.05, 3.63) is 59.7 Å². The number of carbonyl (C=O) groups excluding carboxylic acids is 2. The number of rotatable bonds is 9. The highest BCUT2D eigenvalue weighted by Crippen LogP contribution is 2.26. The van der Waals surface area contributed by atoms with E-state index in [4.69, 9.17) is 4.74 Å². The van der Waals surface area contributed by atoms with E-state index in [1.165, 1.54) is 7.11 Å². The number of hydrogen-bond donors (Lipinski definition) is 2. The molecular formula is C24H28N6O4. The molecule has 2 heterocycles. The van der Waals surface area contributed by atoms with Crippen LogP contribution >= 0.6 is 0 Å². The summed E-state index contributed by atoms with van der Waals surface area (Å²) in [7, 11) is 1.33. The lowest BCUT2D eigenvalue weighted by molar-refractivity contribution is 0.0600. The summed E-state index contributed by atoms with van der Waals surface area (Å²) in [4.78, 5) is 26.5. The Hall–Kier alpha value is -3.79. The maximum Gasteiger partial charge on any atom is 0.337 e. The molecule has 0 bridgehead atoms. The van der Waals surface area contributed by atoms with Crippen molar-refractivity contribution in [2.24, 2.45) is 0 Å². The molecule has 0 spiro atoms. The zero-order valence-corrected chi connectivity index (χ0v) is 19.1. The third-order valence-corrected chi connectivity index (χ3v) is 5.85. The summed E-state index contributed by atoms with van der Waals surface area (Å²) < 4.78 is 10.7. The minimum atomic E-state index is -0.416. The lowest BCUT2D eigenvalue weighted by Crippen LogP contribution is -2.45. The van der Waals surface area contributed by atoms with Crippen LogP contribution in [0.5, 0.6) is 5.75 Å². The monoisotopic (exact) mass is 464 g/mol. The van der Waals surface area contributed by atoms with E-state index >= 15 is 0 Å². The fourth-order valence-corrected chi connectivity index (χ4v) is 3.98. The van der Waals surface area contributed by atoms with Gasteiger partial charge >= 0.3 is 5.97 Å². The van der Waals surface area contributed by atoms with Gasteiger partial charge in [-0.3, -0.25) is 4.79 Å². The van der Waals surface area contributed by atoms with Crippen LogP contribution in [0, 0.1) is 0 Å². The standard InChI is InChI=1S/C24H28N6O4/c1-33-24(32)18-9-7-17(8-10-18)23(31)25-19-11-14-30(15-12-19)13-4-16-34-21-6-3-2-5-20(21)22-26-28-29-27-22/h2-3,5-10,19H,4,11-16H2,1H3,(H,25,31)(H,26,27,28,29). The number of carbonyl (C=O) groups is 2. The van der Waals surface area contributed by atoms with Crippen molar-refractivity contribution in [2.45, 2.75) is 25.3 Å². The van der Waals surface area contributed by atoms with Crippen molar-refractivity contribution >= 4 is 11.9 Å². The molecule has 0 atom stereocenters. The van der Waals surface area contributed by atoms with E-state index in [-0.39, 0.29) is 11.9 Å². The lowest BCUT2D eigenvalue weighted by atomic mass is 10.0. The van der Waals surface area contributed by atoms with E-state index in [0.717, 1.165) is 50.2 Å². The third-order valence-electron chi connectivity index (χ3n) is 5.85. The quantitative estimate of drug-likeness (QED) is 0.365. The Morgan fingerprint density at radius 3 is 2.53 bits per heavy atom. The number of amides is 1. The molecule has 0 saturated carbocycles. The van der Waals surface area contributed by atoms with Gasteiger partial charge < -0.3 is 19.7 Å². The normalized spacial score (nSPS) is 14.5. The Labute approximate surface area is 197 Å². The minimum Gasteiger partial charge on any atom is -0.493 e. The van der Waals surface area contributed by atoms with E-state index in [1.54, 1.807) is 24.3 Å². The number of para-hydroxylation sites is 1. The Kier molecular flexibility index (Phi) is 7.82. The number of hydrogen-bond acceptors (Lipinski definition) is 8. The first kappa shape index (κ1) is 23.4. The molecule has 0 aliphatic carbocycles. The van der Waals surface area contributed by atoms with E-state index < -0.39 is 5.97 Å². The molecule has 2 aromatic carbocycles. The number of piperidine rings is 1. The van der Waals surface area contributed by atoms with E-state index in [9.17, 15) is 9.59 Å². The Balaban J connectivity index is 1.17. The first-order chi connectivity index (χ1) is 16.6. The largest absolute Gasteiger partial charge is 0.493 e. The molecule has 1 amide bonds. The molecule has 0 radical (unpaired) electrons. The molecule has 1 fully saturated rings. The van der Waals surface area contributed by atoms with Crippen molar-refractivity contribution in [3.8, 4) is 17.1 Å². The highest BCUT2D eigenvalue weighted by atomic mass is 16.5. The summed E-state index contributed by atoms with van der Waals surface area (Å²) in [6.07, 6.45) is 2.69. The average molecular weight is 465 g/mol. The molecule has 1 saturated heterocycles. The molecule has 4 rings (SSSR count). The number of ether oxygens (including phenoxy) is 2. The molecular weight excluding hydrogens is 436 g/mol. The minimum absolute atomic E-state index is 0.121. The Morgan fingerprint density at radius 1 is 1.09 bits per heavy atom. The van der Waals surface area contributed by atoms with Crippen LogP contribution in [0.3, 0.4) is 0 Å². The number of H-pyrrole nitrogens is 1. The van der Waals surface area contributed by atoms with Crippen LogP contribution in [-0.2, 0) is 4.74 Å². The average Bonchev–Trinajstić information content (AvgIpc) is 3.42. The molecule has 2 N–H and O–H groups in total. The molecule has 3 aromatic rings. The predicted octanol–water partition coefficient (Wildman–Crippen LogP) is 2.32. The fraction of sp³-hybridized carbons (Fsp3) is 0.375. The zero-order valence-electron chi connectivity index (χ0n) is 19.1. The van der Waals surface area contributed by atoms with Gasteiger partial charge in [0.1, 0.15) is 5.75 Å². The van der Waals surface area contributed by atoms with Gasteiger partial charge in [-0.05, 0) is 66.1 Å². The predicted molar refractivity (Wildman–Crippen MR) is 124 cm³/mol. The number of aromatic nitrogens is 4. The second-order valence-corrected chi connectivity index (χ2v) is 8.11. The van der Waals surface area contributed by atoms with Crippen molar-refractivity contribution in [3.63, 3.8) is 0 Å². The molecule has 10 nitrogen and oxygen atoms in total. The van der Waals surface area contributed by atoms with Gasteiger partial charge in [0.25, 0.3) is 5.91 Å². The Morgan fingerprint density at radius 2 is 1.82 bits per heavy atom. The maximum absolute atomic E-state index is 12.5. The van der Waals surface area contributed by atoms with Crippen LogP contribution in [0.4, 0.5) is 0 Å². The van der Waals surface area contributed by atoms with E-state index in [0.29, 0.717) is 23.6 Å². The smallest absolute Gasteiger partial charge is 0.337 e. The van der Waals surface area contributed by atoms with Gasteiger partial charge in [-0.25, -0.2) is 9.89 Å².